The van der Waals surface area contributed by atoms with E-state index >= 15 is 0 Å². The molecule has 30 heavy (non-hydrogen) atoms. The molecule has 6 heteroatoms. The number of carbonyl (C=O) groups excluding carboxylic acids is 1. The summed E-state index contributed by atoms with van der Waals surface area (Å²) in [5, 5.41) is 5.78. The third-order valence-corrected chi connectivity index (χ3v) is 6.55. The molecule has 5 nitrogen and oxygen atoms in total. The number of likely N-dealkylation sites (N-methyl/N-ethyl adjacent to an activating group) is 1. The zero-order valence-electron chi connectivity index (χ0n) is 17.7. The first kappa shape index (κ1) is 21.0. The molecule has 0 amide bonds. The topological polar surface area (TPSA) is 50.8 Å². The number of fused-ring (bicyclic) bond motifs is 3. The standard InChI is InChI=1S/C24H28N2O3S.H2/c1-16(27)23-8-9-24(30-23)18-4-6-20-17(12-18)5-7-22-21(20)13-19(29-22)14-25-15-28-11-10-26(2)3;/h4-9,12,19,25H,10-11,13-15H2,1-3H3;1H. The lowest BCUT2D eigenvalue weighted by Crippen LogP contribution is -2.32. The van der Waals surface area contributed by atoms with Gasteiger partial charge in [-0.1, -0.05) is 18.2 Å². The second kappa shape index (κ2) is 9.27. The number of ether oxygens (including phenoxy) is 2. The van der Waals surface area contributed by atoms with Crippen LogP contribution in [0, 0.1) is 0 Å². The lowest BCUT2D eigenvalue weighted by atomic mass is 9.99. The molecule has 1 aliphatic heterocycles. The van der Waals surface area contributed by atoms with Crippen LogP contribution >= 0.6 is 11.3 Å². The van der Waals surface area contributed by atoms with Crippen LogP contribution in [0.5, 0.6) is 5.75 Å². The molecule has 1 atom stereocenters. The van der Waals surface area contributed by atoms with E-state index in [4.69, 9.17) is 9.47 Å². The van der Waals surface area contributed by atoms with E-state index in [0.29, 0.717) is 6.73 Å². The summed E-state index contributed by atoms with van der Waals surface area (Å²) in [6.07, 6.45) is 1.02. The quantitative estimate of drug-likeness (QED) is 0.311. The van der Waals surface area contributed by atoms with Crippen LogP contribution in [0.25, 0.3) is 21.2 Å². The van der Waals surface area contributed by atoms with Crippen LogP contribution in [0.3, 0.4) is 0 Å². The smallest absolute Gasteiger partial charge is 0.169 e. The van der Waals surface area contributed by atoms with Crippen LogP contribution < -0.4 is 10.1 Å². The molecule has 160 valence electrons. The molecule has 0 fully saturated rings. The van der Waals surface area contributed by atoms with Gasteiger partial charge >= 0.3 is 0 Å². The van der Waals surface area contributed by atoms with Crippen molar-refractivity contribution in [3.05, 3.63) is 52.9 Å². The van der Waals surface area contributed by atoms with Crippen LogP contribution in [0.4, 0.5) is 0 Å². The number of nitrogens with one attached hydrogen (secondary N) is 1. The Kier molecular flexibility index (Phi) is 6.49. The Morgan fingerprint density at radius 1 is 1.27 bits per heavy atom. The summed E-state index contributed by atoms with van der Waals surface area (Å²) in [4.78, 5) is 15.6. The van der Waals surface area contributed by atoms with Crippen molar-refractivity contribution in [1.29, 1.82) is 0 Å². The molecule has 1 unspecified atom stereocenters. The minimum absolute atomic E-state index is 0. The summed E-state index contributed by atoms with van der Waals surface area (Å²) in [6, 6.07) is 14.7. The molecule has 0 saturated carbocycles. The number of benzene rings is 2. The lowest BCUT2D eigenvalue weighted by molar-refractivity contribution is 0.0938. The summed E-state index contributed by atoms with van der Waals surface area (Å²) >= 11 is 1.55. The second-order valence-electron chi connectivity index (χ2n) is 7.95. The van der Waals surface area contributed by atoms with Crippen LogP contribution in [-0.4, -0.2) is 57.3 Å². The van der Waals surface area contributed by atoms with Gasteiger partial charge in [0.15, 0.2) is 5.78 Å². The Morgan fingerprint density at radius 2 is 2.13 bits per heavy atom. The molecule has 0 spiro atoms. The molecule has 0 saturated heterocycles. The van der Waals surface area contributed by atoms with E-state index in [9.17, 15) is 4.79 Å². The van der Waals surface area contributed by atoms with Crippen LogP contribution in [0.2, 0.25) is 0 Å². The van der Waals surface area contributed by atoms with E-state index in [-0.39, 0.29) is 13.3 Å². The van der Waals surface area contributed by atoms with Crippen molar-refractivity contribution in [1.82, 2.24) is 10.2 Å². The molecule has 1 aliphatic rings. The third kappa shape index (κ3) is 4.73. The minimum atomic E-state index is 0. The van der Waals surface area contributed by atoms with Crippen molar-refractivity contribution in [2.45, 2.75) is 19.4 Å². The van der Waals surface area contributed by atoms with Gasteiger partial charge in [-0.05, 0) is 61.6 Å². The highest BCUT2D eigenvalue weighted by molar-refractivity contribution is 7.17. The lowest BCUT2D eigenvalue weighted by Gasteiger charge is -2.13. The number of Topliss-reactive ketones (excluding diaryl/α,β-unsaturated/α-hetero) is 1. The first-order chi connectivity index (χ1) is 14.5. The van der Waals surface area contributed by atoms with Gasteiger partial charge in [0.25, 0.3) is 0 Å². The molecule has 1 aromatic heterocycles. The third-order valence-electron chi connectivity index (χ3n) is 5.31. The van der Waals surface area contributed by atoms with Crippen molar-refractivity contribution in [3.63, 3.8) is 0 Å². The number of rotatable bonds is 9. The van der Waals surface area contributed by atoms with Gasteiger partial charge in [-0.15, -0.1) is 11.3 Å². The minimum Gasteiger partial charge on any atom is -0.488 e. The predicted molar refractivity (Wildman–Crippen MR) is 125 cm³/mol. The van der Waals surface area contributed by atoms with E-state index in [1.54, 1.807) is 18.3 Å². The van der Waals surface area contributed by atoms with E-state index < -0.39 is 0 Å². The van der Waals surface area contributed by atoms with E-state index in [2.05, 4.69) is 40.5 Å². The zero-order valence-corrected chi connectivity index (χ0v) is 18.6. The SMILES string of the molecule is CC(=O)c1ccc(-c2ccc3c4c(ccc3c2)OC(CNCOCCN(C)C)C4)s1.[HH]. The number of nitrogens with zero attached hydrogens (tertiary/aromatic N) is 1. The van der Waals surface area contributed by atoms with Crippen molar-refractivity contribution >= 4 is 27.9 Å². The Hall–Kier alpha value is -2.25. The molecule has 1 N–H and O–H groups in total. The fourth-order valence-electron chi connectivity index (χ4n) is 3.70. The Balaban J connectivity index is 0.00000272. The fourth-order valence-corrected chi connectivity index (χ4v) is 4.60. The second-order valence-corrected chi connectivity index (χ2v) is 9.04. The largest absolute Gasteiger partial charge is 0.488 e. The Labute approximate surface area is 183 Å². The average molecular weight is 427 g/mol. The monoisotopic (exact) mass is 426 g/mol. The maximum Gasteiger partial charge on any atom is 0.169 e. The molecule has 0 radical (unpaired) electrons. The maximum atomic E-state index is 11.6. The molecular weight excluding hydrogens is 396 g/mol. The number of hydrogen-bond donors (Lipinski definition) is 1. The van der Waals surface area contributed by atoms with E-state index in [1.807, 2.05) is 26.2 Å². The van der Waals surface area contributed by atoms with Crippen molar-refractivity contribution < 1.29 is 15.7 Å². The van der Waals surface area contributed by atoms with Gasteiger partial charge in [0, 0.05) is 31.4 Å². The number of hydrogen-bond acceptors (Lipinski definition) is 6. The highest BCUT2D eigenvalue weighted by Crippen LogP contribution is 2.37. The van der Waals surface area contributed by atoms with E-state index in [1.165, 1.54) is 16.3 Å². The van der Waals surface area contributed by atoms with Crippen LogP contribution in [0.1, 0.15) is 23.6 Å². The first-order valence-electron chi connectivity index (χ1n) is 10.3. The molecule has 2 aromatic carbocycles. The number of ketones is 1. The van der Waals surface area contributed by atoms with Gasteiger partial charge < -0.3 is 14.4 Å². The molecule has 2 heterocycles. The summed E-state index contributed by atoms with van der Waals surface area (Å²) in [5.41, 5.74) is 2.42. The van der Waals surface area contributed by atoms with Crippen molar-refractivity contribution in [2.75, 3.05) is 40.5 Å². The maximum absolute atomic E-state index is 11.6. The molecule has 0 bridgehead atoms. The molecule has 0 aliphatic carbocycles. The van der Waals surface area contributed by atoms with Crippen LogP contribution in [-0.2, 0) is 11.2 Å². The van der Waals surface area contributed by atoms with Gasteiger partial charge in [-0.3, -0.25) is 10.1 Å². The highest BCUT2D eigenvalue weighted by atomic mass is 32.1. The van der Waals surface area contributed by atoms with Gasteiger partial charge in [0.05, 0.1) is 18.2 Å². The first-order valence-corrected chi connectivity index (χ1v) is 11.1. The van der Waals surface area contributed by atoms with Gasteiger partial charge in [-0.2, -0.15) is 0 Å². The zero-order chi connectivity index (χ0) is 21.1. The fraction of sp³-hybridized carbons (Fsp3) is 0.375. The van der Waals surface area contributed by atoms with Gasteiger partial charge in [-0.25, -0.2) is 0 Å². The van der Waals surface area contributed by atoms with Crippen LogP contribution in [0.15, 0.2) is 42.5 Å². The van der Waals surface area contributed by atoms with Crippen molar-refractivity contribution in [2.24, 2.45) is 0 Å². The summed E-state index contributed by atoms with van der Waals surface area (Å²) < 4.78 is 11.7. The summed E-state index contributed by atoms with van der Waals surface area (Å²) in [7, 11) is 4.08. The predicted octanol–water partition coefficient (Wildman–Crippen LogP) is 4.45. The normalized spacial score (nSPS) is 15.5. The van der Waals surface area contributed by atoms with E-state index in [0.717, 1.165) is 47.2 Å². The molecule has 3 aromatic rings. The average Bonchev–Trinajstić information content (AvgIpc) is 3.37. The number of carbonyl (C=O) groups is 1. The number of thiophene rings is 1. The van der Waals surface area contributed by atoms with Crippen molar-refractivity contribution in [3.8, 4) is 16.2 Å². The summed E-state index contributed by atoms with van der Waals surface area (Å²) in [6.45, 7) is 4.55. The van der Waals surface area contributed by atoms with Gasteiger partial charge in [0.2, 0.25) is 0 Å². The molecular formula is C24H30N2O3S. The van der Waals surface area contributed by atoms with Gasteiger partial charge in [0.1, 0.15) is 11.9 Å². The highest BCUT2D eigenvalue weighted by Gasteiger charge is 2.24. The summed E-state index contributed by atoms with van der Waals surface area (Å²) in [5.74, 6) is 1.09. The Bertz CT molecular complexity index is 1050. The molecule has 4 rings (SSSR count). The Morgan fingerprint density at radius 3 is 2.90 bits per heavy atom.